The number of nitrogens with zero attached hydrogens (tertiary/aromatic N) is 2. The molecule has 16 heavy (non-hydrogen) atoms. The topological polar surface area (TPSA) is 46.9 Å². The zero-order chi connectivity index (χ0) is 11.8. The summed E-state index contributed by atoms with van der Waals surface area (Å²) in [5, 5.41) is 3.04. The van der Waals surface area contributed by atoms with Crippen molar-refractivity contribution in [2.45, 2.75) is 45.7 Å². The summed E-state index contributed by atoms with van der Waals surface area (Å²) < 4.78 is 2.13. The molecule has 1 aliphatic heterocycles. The van der Waals surface area contributed by atoms with Crippen LogP contribution in [0, 0.1) is 5.92 Å². The predicted molar refractivity (Wildman–Crippen MR) is 61.9 cm³/mol. The van der Waals surface area contributed by atoms with Gasteiger partial charge in [-0.15, -0.1) is 0 Å². The first kappa shape index (κ1) is 11.2. The molecule has 0 aromatic carbocycles. The number of rotatable bonds is 1. The minimum absolute atomic E-state index is 0.0779. The number of nitrogens with one attached hydrogen (secondary N) is 1. The van der Waals surface area contributed by atoms with Gasteiger partial charge < -0.3 is 9.88 Å². The molecular weight excluding hydrogens is 202 g/mol. The summed E-state index contributed by atoms with van der Waals surface area (Å²) in [6.07, 6.45) is 5.45. The number of carbonyl (C=O) groups excluding carboxylic acids is 1. The van der Waals surface area contributed by atoms with Gasteiger partial charge in [0.2, 0.25) is 5.91 Å². The van der Waals surface area contributed by atoms with Gasteiger partial charge in [0.05, 0.1) is 0 Å². The molecule has 1 aromatic rings. The van der Waals surface area contributed by atoms with Crippen LogP contribution in [0.2, 0.25) is 0 Å². The van der Waals surface area contributed by atoms with Gasteiger partial charge in [-0.3, -0.25) is 4.79 Å². The van der Waals surface area contributed by atoms with Gasteiger partial charge in [0, 0.05) is 36.8 Å². The van der Waals surface area contributed by atoms with E-state index in [0.29, 0.717) is 0 Å². The highest BCUT2D eigenvalue weighted by atomic mass is 16.2. The molecule has 4 nitrogen and oxygen atoms in total. The molecule has 1 unspecified atom stereocenters. The minimum Gasteiger partial charge on any atom is -0.351 e. The van der Waals surface area contributed by atoms with Crippen molar-refractivity contribution in [3.05, 3.63) is 18.2 Å². The summed E-state index contributed by atoms with van der Waals surface area (Å²) in [6, 6.07) is 0. The Morgan fingerprint density at radius 2 is 2.31 bits per heavy atom. The monoisotopic (exact) mass is 221 g/mol. The predicted octanol–water partition coefficient (Wildman–Crippen LogP) is 1.36. The van der Waals surface area contributed by atoms with Crippen molar-refractivity contribution in [3.8, 4) is 0 Å². The summed E-state index contributed by atoms with van der Waals surface area (Å²) in [4.78, 5) is 16.3. The molecule has 0 radical (unpaired) electrons. The SMILES string of the molecule is CC(C)(C)NC(=O)C1CCn2ccnc2C1. The third-order valence-electron chi connectivity index (χ3n) is 2.82. The van der Waals surface area contributed by atoms with E-state index in [0.717, 1.165) is 25.2 Å². The molecule has 4 heteroatoms. The second kappa shape index (κ2) is 3.92. The van der Waals surface area contributed by atoms with E-state index >= 15 is 0 Å². The average molecular weight is 221 g/mol. The van der Waals surface area contributed by atoms with E-state index in [4.69, 9.17) is 0 Å². The van der Waals surface area contributed by atoms with Gasteiger partial charge in [-0.2, -0.15) is 0 Å². The Hall–Kier alpha value is -1.32. The van der Waals surface area contributed by atoms with E-state index in [1.807, 2.05) is 27.0 Å². The fourth-order valence-electron chi connectivity index (χ4n) is 2.05. The fourth-order valence-corrected chi connectivity index (χ4v) is 2.05. The molecule has 1 amide bonds. The Kier molecular flexibility index (Phi) is 2.74. The maximum atomic E-state index is 12.0. The van der Waals surface area contributed by atoms with E-state index < -0.39 is 0 Å². The Labute approximate surface area is 96.1 Å². The van der Waals surface area contributed by atoms with Crippen molar-refractivity contribution >= 4 is 5.91 Å². The molecule has 88 valence electrons. The molecule has 1 aromatic heterocycles. The lowest BCUT2D eigenvalue weighted by Gasteiger charge is -2.27. The molecule has 0 saturated carbocycles. The van der Waals surface area contributed by atoms with Gasteiger partial charge in [-0.1, -0.05) is 0 Å². The van der Waals surface area contributed by atoms with Crippen LogP contribution in [-0.4, -0.2) is 21.0 Å². The standard InChI is InChI=1S/C12H19N3O/c1-12(2,3)14-11(16)9-4-6-15-7-5-13-10(15)8-9/h5,7,9H,4,6,8H2,1-3H3,(H,14,16). The largest absolute Gasteiger partial charge is 0.351 e. The number of hydrogen-bond donors (Lipinski definition) is 1. The first-order valence-electron chi connectivity index (χ1n) is 5.78. The zero-order valence-electron chi connectivity index (χ0n) is 10.2. The van der Waals surface area contributed by atoms with Crippen molar-refractivity contribution in [1.29, 1.82) is 0 Å². The van der Waals surface area contributed by atoms with Crippen molar-refractivity contribution < 1.29 is 4.79 Å². The minimum atomic E-state index is -0.149. The van der Waals surface area contributed by atoms with E-state index in [9.17, 15) is 4.79 Å². The third kappa shape index (κ3) is 2.43. The van der Waals surface area contributed by atoms with Crippen LogP contribution in [0.3, 0.4) is 0 Å². The number of aryl methyl sites for hydroxylation is 1. The molecule has 0 aliphatic carbocycles. The molecule has 0 fully saturated rings. The smallest absolute Gasteiger partial charge is 0.224 e. The van der Waals surface area contributed by atoms with Gasteiger partial charge >= 0.3 is 0 Å². The molecule has 1 aliphatic rings. The summed E-state index contributed by atoms with van der Waals surface area (Å²) in [7, 11) is 0. The number of imidazole rings is 1. The molecular formula is C12H19N3O. The van der Waals surface area contributed by atoms with Crippen molar-refractivity contribution in [2.24, 2.45) is 5.92 Å². The van der Waals surface area contributed by atoms with E-state index in [2.05, 4.69) is 14.9 Å². The number of carbonyl (C=O) groups is 1. The van der Waals surface area contributed by atoms with Crippen LogP contribution < -0.4 is 5.32 Å². The third-order valence-corrected chi connectivity index (χ3v) is 2.82. The van der Waals surface area contributed by atoms with Gasteiger partial charge in [0.25, 0.3) is 0 Å². The quantitative estimate of drug-likeness (QED) is 0.778. The lowest BCUT2D eigenvalue weighted by Crippen LogP contribution is -2.45. The lowest BCUT2D eigenvalue weighted by atomic mass is 9.95. The van der Waals surface area contributed by atoms with E-state index in [1.54, 1.807) is 6.20 Å². The first-order valence-corrected chi connectivity index (χ1v) is 5.78. The lowest BCUT2D eigenvalue weighted by molar-refractivity contribution is -0.127. The van der Waals surface area contributed by atoms with Crippen LogP contribution in [0.1, 0.15) is 33.0 Å². The molecule has 0 spiro atoms. The van der Waals surface area contributed by atoms with Gasteiger partial charge in [0.15, 0.2) is 0 Å². The summed E-state index contributed by atoms with van der Waals surface area (Å²) in [5.41, 5.74) is -0.149. The van der Waals surface area contributed by atoms with Crippen molar-refractivity contribution in [2.75, 3.05) is 0 Å². The van der Waals surface area contributed by atoms with Crippen LogP contribution in [0.25, 0.3) is 0 Å². The Balaban J connectivity index is 2.01. The number of aromatic nitrogens is 2. The molecule has 1 atom stereocenters. The summed E-state index contributed by atoms with van der Waals surface area (Å²) >= 11 is 0. The fraction of sp³-hybridized carbons (Fsp3) is 0.667. The van der Waals surface area contributed by atoms with Gasteiger partial charge in [-0.25, -0.2) is 4.98 Å². The molecule has 1 N–H and O–H groups in total. The highest BCUT2D eigenvalue weighted by Gasteiger charge is 2.27. The Morgan fingerprint density at radius 1 is 1.56 bits per heavy atom. The number of hydrogen-bond acceptors (Lipinski definition) is 2. The van der Waals surface area contributed by atoms with E-state index in [-0.39, 0.29) is 17.4 Å². The van der Waals surface area contributed by atoms with Crippen molar-refractivity contribution in [1.82, 2.24) is 14.9 Å². The maximum absolute atomic E-state index is 12.0. The Bertz CT molecular complexity index is 389. The van der Waals surface area contributed by atoms with Crippen LogP contribution in [0.5, 0.6) is 0 Å². The van der Waals surface area contributed by atoms with Crippen LogP contribution >= 0.6 is 0 Å². The van der Waals surface area contributed by atoms with Gasteiger partial charge in [0.1, 0.15) is 5.82 Å². The van der Waals surface area contributed by atoms with E-state index in [1.165, 1.54) is 0 Å². The second-order valence-corrected chi connectivity index (χ2v) is 5.47. The van der Waals surface area contributed by atoms with Gasteiger partial charge in [-0.05, 0) is 27.2 Å². The molecule has 0 bridgehead atoms. The average Bonchev–Trinajstić information content (AvgIpc) is 2.61. The maximum Gasteiger partial charge on any atom is 0.224 e. The Morgan fingerprint density at radius 3 is 3.00 bits per heavy atom. The summed E-state index contributed by atoms with van der Waals surface area (Å²) in [5.74, 6) is 1.26. The van der Waals surface area contributed by atoms with Crippen molar-refractivity contribution in [3.63, 3.8) is 0 Å². The normalized spacial score (nSPS) is 20.3. The van der Waals surface area contributed by atoms with Crippen LogP contribution in [0.15, 0.2) is 12.4 Å². The molecule has 2 rings (SSSR count). The highest BCUT2D eigenvalue weighted by Crippen LogP contribution is 2.19. The zero-order valence-corrected chi connectivity index (χ0v) is 10.2. The molecule has 0 saturated heterocycles. The number of amides is 1. The highest BCUT2D eigenvalue weighted by molar-refractivity contribution is 5.79. The number of fused-ring (bicyclic) bond motifs is 1. The first-order chi connectivity index (χ1) is 7.46. The molecule has 2 heterocycles. The van der Waals surface area contributed by atoms with Crippen LogP contribution in [-0.2, 0) is 17.8 Å². The summed E-state index contributed by atoms with van der Waals surface area (Å²) in [6.45, 7) is 6.93. The van der Waals surface area contributed by atoms with Crippen LogP contribution in [0.4, 0.5) is 0 Å². The second-order valence-electron chi connectivity index (χ2n) is 5.47.